The molecule has 0 aliphatic rings. The van der Waals surface area contributed by atoms with E-state index in [-0.39, 0.29) is 17.5 Å². The minimum absolute atomic E-state index is 0.0818. The fourth-order valence-electron chi connectivity index (χ4n) is 2.53. The summed E-state index contributed by atoms with van der Waals surface area (Å²) in [5.41, 5.74) is 8.05. The van der Waals surface area contributed by atoms with Gasteiger partial charge in [-0.2, -0.15) is 0 Å². The Morgan fingerprint density at radius 2 is 1.94 bits per heavy atom. The van der Waals surface area contributed by atoms with Gasteiger partial charge in [0.05, 0.1) is 5.60 Å². The average Bonchev–Trinajstić information content (AvgIpc) is 2.36. The van der Waals surface area contributed by atoms with Gasteiger partial charge in [-0.3, -0.25) is 0 Å². The summed E-state index contributed by atoms with van der Waals surface area (Å²) in [5.74, 6) is -0.200. The molecule has 1 aromatic carbocycles. The summed E-state index contributed by atoms with van der Waals surface area (Å²) >= 11 is 0. The fourth-order valence-corrected chi connectivity index (χ4v) is 2.53. The predicted molar refractivity (Wildman–Crippen MR) is 73.1 cm³/mol. The van der Waals surface area contributed by atoms with Crippen molar-refractivity contribution in [3.8, 4) is 0 Å². The van der Waals surface area contributed by atoms with Crippen LogP contribution in [0.5, 0.6) is 0 Å². The molecule has 1 unspecified atom stereocenters. The topological polar surface area (TPSA) is 35.2 Å². The third-order valence-electron chi connectivity index (χ3n) is 4.02. The number of benzene rings is 1. The first-order valence-electron chi connectivity index (χ1n) is 6.54. The highest BCUT2D eigenvalue weighted by Crippen LogP contribution is 2.26. The van der Waals surface area contributed by atoms with Crippen molar-refractivity contribution in [2.24, 2.45) is 5.73 Å². The van der Waals surface area contributed by atoms with E-state index in [2.05, 4.69) is 13.8 Å². The van der Waals surface area contributed by atoms with E-state index in [1.165, 1.54) is 6.07 Å². The maximum absolute atomic E-state index is 13.1. The van der Waals surface area contributed by atoms with Gasteiger partial charge in [-0.25, -0.2) is 4.39 Å². The fraction of sp³-hybridized carbons (Fsp3) is 0.600. The summed E-state index contributed by atoms with van der Waals surface area (Å²) in [4.78, 5) is 0. The SMILES string of the molecule is CCC(CC)(OC)C(N)Cc1ccc(F)cc1C. The van der Waals surface area contributed by atoms with Crippen LogP contribution in [0.15, 0.2) is 18.2 Å². The van der Waals surface area contributed by atoms with Crippen molar-refractivity contribution in [2.75, 3.05) is 7.11 Å². The summed E-state index contributed by atoms with van der Waals surface area (Å²) in [6.45, 7) is 6.09. The lowest BCUT2D eigenvalue weighted by atomic mass is 9.84. The van der Waals surface area contributed by atoms with E-state index < -0.39 is 0 Å². The number of rotatable bonds is 6. The third kappa shape index (κ3) is 3.09. The molecular formula is C15H24FNO. The van der Waals surface area contributed by atoms with E-state index in [1.807, 2.05) is 13.0 Å². The lowest BCUT2D eigenvalue weighted by Crippen LogP contribution is -2.50. The maximum atomic E-state index is 13.1. The molecule has 0 saturated heterocycles. The Morgan fingerprint density at radius 3 is 2.39 bits per heavy atom. The van der Waals surface area contributed by atoms with Gasteiger partial charge in [0.2, 0.25) is 0 Å². The van der Waals surface area contributed by atoms with Crippen molar-refractivity contribution in [1.29, 1.82) is 0 Å². The monoisotopic (exact) mass is 253 g/mol. The molecule has 102 valence electrons. The molecule has 0 bridgehead atoms. The van der Waals surface area contributed by atoms with Crippen molar-refractivity contribution in [3.63, 3.8) is 0 Å². The van der Waals surface area contributed by atoms with E-state index in [4.69, 9.17) is 10.5 Å². The second kappa shape index (κ2) is 6.30. The van der Waals surface area contributed by atoms with Gasteiger partial charge in [-0.05, 0) is 49.4 Å². The Labute approximate surface area is 109 Å². The number of methoxy groups -OCH3 is 1. The van der Waals surface area contributed by atoms with Gasteiger partial charge in [-0.1, -0.05) is 19.9 Å². The van der Waals surface area contributed by atoms with Gasteiger partial charge in [0, 0.05) is 13.2 Å². The van der Waals surface area contributed by atoms with Gasteiger partial charge >= 0.3 is 0 Å². The van der Waals surface area contributed by atoms with E-state index in [0.29, 0.717) is 6.42 Å². The minimum atomic E-state index is -0.291. The second-order valence-electron chi connectivity index (χ2n) is 4.86. The molecule has 1 aromatic rings. The smallest absolute Gasteiger partial charge is 0.123 e. The Hall–Kier alpha value is -0.930. The summed E-state index contributed by atoms with van der Waals surface area (Å²) in [7, 11) is 1.71. The van der Waals surface area contributed by atoms with E-state index in [1.54, 1.807) is 13.2 Å². The van der Waals surface area contributed by atoms with Crippen LogP contribution in [0.4, 0.5) is 4.39 Å². The van der Waals surface area contributed by atoms with Crippen LogP contribution in [0.2, 0.25) is 0 Å². The van der Waals surface area contributed by atoms with E-state index >= 15 is 0 Å². The molecular weight excluding hydrogens is 229 g/mol. The van der Waals surface area contributed by atoms with Crippen LogP contribution >= 0.6 is 0 Å². The number of ether oxygens (including phenoxy) is 1. The van der Waals surface area contributed by atoms with Crippen molar-refractivity contribution in [1.82, 2.24) is 0 Å². The van der Waals surface area contributed by atoms with Gasteiger partial charge in [0.1, 0.15) is 5.82 Å². The molecule has 18 heavy (non-hydrogen) atoms. The molecule has 3 heteroatoms. The number of hydrogen-bond acceptors (Lipinski definition) is 2. The second-order valence-corrected chi connectivity index (χ2v) is 4.86. The van der Waals surface area contributed by atoms with Crippen molar-refractivity contribution >= 4 is 0 Å². The molecule has 0 amide bonds. The molecule has 1 rings (SSSR count). The summed E-state index contributed by atoms with van der Waals surface area (Å²) in [5, 5.41) is 0. The normalized spacial score (nSPS) is 13.7. The molecule has 0 heterocycles. The highest BCUT2D eigenvalue weighted by atomic mass is 19.1. The molecule has 0 aliphatic heterocycles. The predicted octanol–water partition coefficient (Wildman–Crippen LogP) is 3.21. The Kier molecular flexibility index (Phi) is 5.29. The molecule has 1 atom stereocenters. The van der Waals surface area contributed by atoms with Crippen LogP contribution in [0.3, 0.4) is 0 Å². The van der Waals surface area contributed by atoms with Crippen LogP contribution in [0.1, 0.15) is 37.8 Å². The Balaban J connectivity index is 2.89. The summed E-state index contributed by atoms with van der Waals surface area (Å²) in [6.07, 6.45) is 2.46. The van der Waals surface area contributed by atoms with Crippen LogP contribution in [0, 0.1) is 12.7 Å². The standard InChI is InChI=1S/C15H24FNO/c1-5-15(6-2,18-4)14(17)10-12-7-8-13(16)9-11(12)3/h7-9,14H,5-6,10,17H2,1-4H3. The lowest BCUT2D eigenvalue weighted by Gasteiger charge is -2.36. The molecule has 0 spiro atoms. The first kappa shape index (κ1) is 15.1. The van der Waals surface area contributed by atoms with E-state index in [9.17, 15) is 4.39 Å². The molecule has 0 aliphatic carbocycles. The summed E-state index contributed by atoms with van der Waals surface area (Å²) < 4.78 is 18.7. The van der Waals surface area contributed by atoms with E-state index in [0.717, 1.165) is 24.0 Å². The Bertz CT molecular complexity index is 380. The molecule has 0 saturated carbocycles. The average molecular weight is 253 g/mol. The van der Waals surface area contributed by atoms with Crippen molar-refractivity contribution in [3.05, 3.63) is 35.1 Å². The van der Waals surface area contributed by atoms with Gasteiger partial charge in [0.25, 0.3) is 0 Å². The van der Waals surface area contributed by atoms with Crippen molar-refractivity contribution in [2.45, 2.75) is 51.7 Å². The zero-order chi connectivity index (χ0) is 13.8. The molecule has 2 nitrogen and oxygen atoms in total. The van der Waals surface area contributed by atoms with Crippen molar-refractivity contribution < 1.29 is 9.13 Å². The largest absolute Gasteiger partial charge is 0.377 e. The quantitative estimate of drug-likeness (QED) is 0.845. The molecule has 2 N–H and O–H groups in total. The zero-order valence-corrected chi connectivity index (χ0v) is 11.8. The van der Waals surface area contributed by atoms with Crippen LogP contribution in [0.25, 0.3) is 0 Å². The van der Waals surface area contributed by atoms with Crippen LogP contribution < -0.4 is 5.73 Å². The van der Waals surface area contributed by atoms with Crippen LogP contribution in [-0.2, 0) is 11.2 Å². The number of aryl methyl sites for hydroxylation is 1. The maximum Gasteiger partial charge on any atom is 0.123 e. The van der Waals surface area contributed by atoms with Gasteiger partial charge < -0.3 is 10.5 Å². The number of hydrogen-bond donors (Lipinski definition) is 1. The minimum Gasteiger partial charge on any atom is -0.377 e. The van der Waals surface area contributed by atoms with Gasteiger partial charge in [0.15, 0.2) is 0 Å². The molecule has 0 fully saturated rings. The van der Waals surface area contributed by atoms with Gasteiger partial charge in [-0.15, -0.1) is 0 Å². The Morgan fingerprint density at radius 1 is 1.33 bits per heavy atom. The highest BCUT2D eigenvalue weighted by molar-refractivity contribution is 5.27. The zero-order valence-electron chi connectivity index (χ0n) is 11.8. The summed E-state index contributed by atoms with van der Waals surface area (Å²) in [6, 6.07) is 4.77. The third-order valence-corrected chi connectivity index (χ3v) is 4.02. The van der Waals surface area contributed by atoms with Crippen LogP contribution in [-0.4, -0.2) is 18.8 Å². The number of halogens is 1. The first-order chi connectivity index (χ1) is 8.49. The lowest BCUT2D eigenvalue weighted by molar-refractivity contribution is -0.0374. The molecule has 0 aromatic heterocycles. The molecule has 0 radical (unpaired) electrons. The first-order valence-corrected chi connectivity index (χ1v) is 6.54. The highest BCUT2D eigenvalue weighted by Gasteiger charge is 2.33. The number of nitrogens with two attached hydrogens (primary N) is 1.